The van der Waals surface area contributed by atoms with Crippen LogP contribution in [0.15, 0.2) is 48.8 Å². The number of nitrogens with one attached hydrogen (secondary N) is 1. The van der Waals surface area contributed by atoms with Crippen LogP contribution < -0.4 is 14.8 Å². The van der Waals surface area contributed by atoms with Crippen molar-refractivity contribution >= 4 is 12.0 Å². The van der Waals surface area contributed by atoms with Crippen molar-refractivity contribution in [3.05, 3.63) is 59.9 Å². The third kappa shape index (κ3) is 5.14. The fourth-order valence-electron chi connectivity index (χ4n) is 1.98. The van der Waals surface area contributed by atoms with Crippen LogP contribution in [0.5, 0.6) is 11.5 Å². The zero-order chi connectivity index (χ0) is 16.5. The van der Waals surface area contributed by atoms with Crippen LogP contribution in [0.25, 0.3) is 6.08 Å². The van der Waals surface area contributed by atoms with Gasteiger partial charge in [0.1, 0.15) is 0 Å². The number of methoxy groups -OCH3 is 1. The minimum atomic E-state index is -0.158. The molecule has 0 saturated carbocycles. The Balaban J connectivity index is 1.95. The molecule has 0 atom stereocenters. The summed E-state index contributed by atoms with van der Waals surface area (Å²) in [5.74, 6) is 1.18. The standard InChI is InChI=1S/C18H20N2O3/c1-3-23-16-6-4-14(12-17(16)22-2)5-7-18(21)20-13-15-8-10-19-11-9-15/h4-12H,3,13H2,1-2H3,(H,20,21)/b7-5+. The zero-order valence-corrected chi connectivity index (χ0v) is 13.3. The van der Waals surface area contributed by atoms with Gasteiger partial charge in [-0.25, -0.2) is 0 Å². The molecular formula is C18H20N2O3. The molecule has 0 bridgehead atoms. The van der Waals surface area contributed by atoms with Crippen molar-refractivity contribution in [2.75, 3.05) is 13.7 Å². The lowest BCUT2D eigenvalue weighted by atomic mass is 10.2. The quantitative estimate of drug-likeness (QED) is 0.799. The molecular weight excluding hydrogens is 292 g/mol. The van der Waals surface area contributed by atoms with Crippen molar-refractivity contribution in [1.82, 2.24) is 10.3 Å². The predicted octanol–water partition coefficient (Wildman–Crippen LogP) is 2.82. The van der Waals surface area contributed by atoms with Crippen LogP contribution in [0, 0.1) is 0 Å². The fourth-order valence-corrected chi connectivity index (χ4v) is 1.98. The molecule has 0 saturated heterocycles. The Hall–Kier alpha value is -2.82. The average molecular weight is 312 g/mol. The molecule has 0 aliphatic heterocycles. The summed E-state index contributed by atoms with van der Waals surface area (Å²) in [4.78, 5) is 15.8. The number of aromatic nitrogens is 1. The molecule has 1 amide bonds. The summed E-state index contributed by atoms with van der Waals surface area (Å²) in [6.07, 6.45) is 6.63. The van der Waals surface area contributed by atoms with E-state index >= 15 is 0 Å². The number of amides is 1. The van der Waals surface area contributed by atoms with Crippen LogP contribution in [0.4, 0.5) is 0 Å². The summed E-state index contributed by atoms with van der Waals surface area (Å²) in [6.45, 7) is 2.96. The lowest BCUT2D eigenvalue weighted by molar-refractivity contribution is -0.116. The molecule has 1 N–H and O–H groups in total. The molecule has 0 aliphatic rings. The van der Waals surface area contributed by atoms with Crippen LogP contribution >= 0.6 is 0 Å². The minimum Gasteiger partial charge on any atom is -0.493 e. The van der Waals surface area contributed by atoms with Gasteiger partial charge >= 0.3 is 0 Å². The van der Waals surface area contributed by atoms with Gasteiger partial charge in [0, 0.05) is 25.0 Å². The number of nitrogens with zero attached hydrogens (tertiary/aromatic N) is 1. The van der Waals surface area contributed by atoms with E-state index < -0.39 is 0 Å². The third-order valence-electron chi connectivity index (χ3n) is 3.13. The maximum atomic E-state index is 11.8. The molecule has 2 aromatic rings. The Morgan fingerprint density at radius 2 is 2.00 bits per heavy atom. The highest BCUT2D eigenvalue weighted by Crippen LogP contribution is 2.28. The SMILES string of the molecule is CCOc1ccc(/C=C/C(=O)NCc2ccncc2)cc1OC. The van der Waals surface area contributed by atoms with Gasteiger partial charge in [0.25, 0.3) is 0 Å². The highest BCUT2D eigenvalue weighted by Gasteiger charge is 2.04. The maximum absolute atomic E-state index is 11.8. The van der Waals surface area contributed by atoms with E-state index in [1.165, 1.54) is 6.08 Å². The number of hydrogen-bond donors (Lipinski definition) is 1. The summed E-state index contributed by atoms with van der Waals surface area (Å²) in [7, 11) is 1.59. The van der Waals surface area contributed by atoms with E-state index in [0.29, 0.717) is 24.7 Å². The molecule has 1 heterocycles. The number of rotatable bonds is 7. The van der Waals surface area contributed by atoms with Gasteiger partial charge in [-0.05, 0) is 48.4 Å². The van der Waals surface area contributed by atoms with E-state index in [-0.39, 0.29) is 5.91 Å². The third-order valence-corrected chi connectivity index (χ3v) is 3.13. The molecule has 120 valence electrons. The van der Waals surface area contributed by atoms with Gasteiger partial charge in [-0.1, -0.05) is 6.07 Å². The second-order valence-corrected chi connectivity index (χ2v) is 4.75. The van der Waals surface area contributed by atoms with Gasteiger partial charge in [-0.3, -0.25) is 9.78 Å². The Bertz CT molecular complexity index is 669. The number of hydrogen-bond acceptors (Lipinski definition) is 4. The van der Waals surface area contributed by atoms with Gasteiger partial charge in [0.05, 0.1) is 13.7 Å². The average Bonchev–Trinajstić information content (AvgIpc) is 2.60. The smallest absolute Gasteiger partial charge is 0.244 e. The van der Waals surface area contributed by atoms with Gasteiger partial charge in [0.2, 0.25) is 5.91 Å². The highest BCUT2D eigenvalue weighted by molar-refractivity contribution is 5.91. The van der Waals surface area contributed by atoms with Crippen LogP contribution in [0.2, 0.25) is 0 Å². The first-order valence-electron chi connectivity index (χ1n) is 7.38. The van der Waals surface area contributed by atoms with Crippen LogP contribution in [-0.4, -0.2) is 24.6 Å². The van der Waals surface area contributed by atoms with Gasteiger partial charge < -0.3 is 14.8 Å². The van der Waals surface area contributed by atoms with E-state index in [9.17, 15) is 4.79 Å². The molecule has 5 nitrogen and oxygen atoms in total. The number of carbonyl (C=O) groups excluding carboxylic acids is 1. The summed E-state index contributed by atoms with van der Waals surface area (Å²) in [5, 5.41) is 2.82. The highest BCUT2D eigenvalue weighted by atomic mass is 16.5. The Morgan fingerprint density at radius 1 is 1.22 bits per heavy atom. The van der Waals surface area contributed by atoms with Gasteiger partial charge in [-0.2, -0.15) is 0 Å². The van der Waals surface area contributed by atoms with Crippen molar-refractivity contribution in [2.45, 2.75) is 13.5 Å². The number of pyridine rings is 1. The van der Waals surface area contributed by atoms with E-state index in [0.717, 1.165) is 11.1 Å². The predicted molar refractivity (Wildman–Crippen MR) is 89.3 cm³/mol. The van der Waals surface area contributed by atoms with Crippen molar-refractivity contribution in [2.24, 2.45) is 0 Å². The molecule has 0 spiro atoms. The largest absolute Gasteiger partial charge is 0.493 e. The Labute approximate surface area is 136 Å². The molecule has 2 rings (SSSR count). The van der Waals surface area contributed by atoms with E-state index in [2.05, 4.69) is 10.3 Å². The first kappa shape index (κ1) is 16.5. The molecule has 1 aromatic carbocycles. The topological polar surface area (TPSA) is 60.5 Å². The monoisotopic (exact) mass is 312 g/mol. The summed E-state index contributed by atoms with van der Waals surface area (Å²) >= 11 is 0. The van der Waals surface area contributed by atoms with Crippen LogP contribution in [0.1, 0.15) is 18.1 Å². The van der Waals surface area contributed by atoms with Crippen molar-refractivity contribution in [3.63, 3.8) is 0 Å². The molecule has 0 radical (unpaired) electrons. The first-order valence-corrected chi connectivity index (χ1v) is 7.38. The van der Waals surface area contributed by atoms with E-state index in [1.54, 1.807) is 25.6 Å². The molecule has 0 aliphatic carbocycles. The van der Waals surface area contributed by atoms with Crippen molar-refractivity contribution in [3.8, 4) is 11.5 Å². The lowest BCUT2D eigenvalue weighted by Gasteiger charge is -2.09. The van der Waals surface area contributed by atoms with E-state index in [1.807, 2.05) is 37.3 Å². The second-order valence-electron chi connectivity index (χ2n) is 4.75. The van der Waals surface area contributed by atoms with Gasteiger partial charge in [-0.15, -0.1) is 0 Å². The summed E-state index contributed by atoms with van der Waals surface area (Å²) in [5.41, 5.74) is 1.87. The fraction of sp³-hybridized carbons (Fsp3) is 0.222. The molecule has 0 fully saturated rings. The van der Waals surface area contributed by atoms with E-state index in [4.69, 9.17) is 9.47 Å². The van der Waals surface area contributed by atoms with Crippen molar-refractivity contribution in [1.29, 1.82) is 0 Å². The van der Waals surface area contributed by atoms with Crippen LogP contribution in [0.3, 0.4) is 0 Å². The molecule has 1 aromatic heterocycles. The van der Waals surface area contributed by atoms with Crippen LogP contribution in [-0.2, 0) is 11.3 Å². The van der Waals surface area contributed by atoms with Crippen molar-refractivity contribution < 1.29 is 14.3 Å². The molecule has 0 unspecified atom stereocenters. The summed E-state index contributed by atoms with van der Waals surface area (Å²) in [6, 6.07) is 9.26. The number of carbonyl (C=O) groups is 1. The number of benzene rings is 1. The second kappa shape index (κ2) is 8.58. The summed E-state index contributed by atoms with van der Waals surface area (Å²) < 4.78 is 10.7. The molecule has 5 heteroatoms. The normalized spacial score (nSPS) is 10.5. The first-order chi connectivity index (χ1) is 11.2. The minimum absolute atomic E-state index is 0.158. The Morgan fingerprint density at radius 3 is 2.70 bits per heavy atom. The maximum Gasteiger partial charge on any atom is 0.244 e. The molecule has 23 heavy (non-hydrogen) atoms. The Kier molecular flexibility index (Phi) is 6.17. The lowest BCUT2D eigenvalue weighted by Crippen LogP contribution is -2.20. The zero-order valence-electron chi connectivity index (χ0n) is 13.3. The number of ether oxygens (including phenoxy) is 2. The van der Waals surface area contributed by atoms with Gasteiger partial charge in [0.15, 0.2) is 11.5 Å².